The van der Waals surface area contributed by atoms with Crippen molar-refractivity contribution in [3.63, 3.8) is 0 Å². The minimum Gasteiger partial charge on any atom is -0.375 e. The molecule has 0 aromatic carbocycles. The summed E-state index contributed by atoms with van der Waals surface area (Å²) in [7, 11) is -3.74. The molecular weight excluding hydrogens is 192 g/mol. The smallest absolute Gasteiger partial charge is 0.294 e. The summed E-state index contributed by atoms with van der Waals surface area (Å²) in [6, 6.07) is 0. The second kappa shape index (κ2) is 4.39. The van der Waals surface area contributed by atoms with Gasteiger partial charge in [0.2, 0.25) is 0 Å². The van der Waals surface area contributed by atoms with Crippen LogP contribution in [0.15, 0.2) is 0 Å². The van der Waals surface area contributed by atoms with Crippen molar-refractivity contribution >= 4 is 10.1 Å². The van der Waals surface area contributed by atoms with Gasteiger partial charge in [0.05, 0.1) is 6.10 Å². The third-order valence-corrected chi connectivity index (χ3v) is 3.62. The van der Waals surface area contributed by atoms with E-state index < -0.39 is 15.6 Å². The highest BCUT2D eigenvalue weighted by Crippen LogP contribution is 2.22. The van der Waals surface area contributed by atoms with Crippen LogP contribution in [-0.4, -0.2) is 25.1 Å². The van der Waals surface area contributed by atoms with E-state index in [1.807, 2.05) is 0 Å². The van der Waals surface area contributed by atoms with Gasteiger partial charge in [-0.05, 0) is 19.8 Å². The van der Waals surface area contributed by atoms with Gasteiger partial charge in [0, 0.05) is 0 Å². The van der Waals surface area contributed by atoms with Gasteiger partial charge in [-0.25, -0.2) is 0 Å². The molecule has 5 heteroatoms. The molecule has 1 aliphatic rings. The Kier molecular flexibility index (Phi) is 3.70. The predicted molar refractivity (Wildman–Crippen MR) is 48.6 cm³/mol. The summed E-state index contributed by atoms with van der Waals surface area (Å²) in [6.45, 7) is 1.21. The fourth-order valence-corrected chi connectivity index (χ4v) is 2.16. The first-order chi connectivity index (χ1) is 6.02. The minimum atomic E-state index is -3.74. The Morgan fingerprint density at radius 1 is 1.31 bits per heavy atom. The molecule has 0 saturated heterocycles. The van der Waals surface area contributed by atoms with Gasteiger partial charge in [0.1, 0.15) is 0 Å². The van der Waals surface area contributed by atoms with E-state index in [0.717, 1.165) is 32.1 Å². The lowest BCUT2D eigenvalue weighted by molar-refractivity contribution is 0.142. The van der Waals surface area contributed by atoms with Gasteiger partial charge in [0.25, 0.3) is 10.1 Å². The first-order valence-electron chi connectivity index (χ1n) is 4.62. The van der Waals surface area contributed by atoms with E-state index in [0.29, 0.717) is 0 Å². The average Bonchev–Trinajstić information content (AvgIpc) is 2.05. The van der Waals surface area contributed by atoms with Crippen LogP contribution in [0.3, 0.4) is 0 Å². The maximum absolute atomic E-state index is 11.1. The summed E-state index contributed by atoms with van der Waals surface area (Å²) < 4.78 is 27.1. The van der Waals surface area contributed by atoms with Crippen molar-refractivity contribution in [3.05, 3.63) is 0 Å². The summed E-state index contributed by atoms with van der Waals surface area (Å²) in [5.41, 5.74) is -1.42. The molecule has 1 fully saturated rings. The van der Waals surface area contributed by atoms with E-state index in [9.17, 15) is 8.42 Å². The fraction of sp³-hybridized carbons (Fsp3) is 1.00. The average molecular weight is 208 g/mol. The van der Waals surface area contributed by atoms with Crippen molar-refractivity contribution < 1.29 is 17.7 Å². The summed E-state index contributed by atoms with van der Waals surface area (Å²) in [6.07, 6.45) is 4.53. The molecule has 1 saturated carbocycles. The third-order valence-electron chi connectivity index (χ3n) is 2.24. The quantitative estimate of drug-likeness (QED) is 0.703. The van der Waals surface area contributed by atoms with Crippen LogP contribution in [0.25, 0.3) is 0 Å². The summed E-state index contributed by atoms with van der Waals surface area (Å²) >= 11 is 0. The number of hydrogen-bond acceptors (Lipinski definition) is 4. The second-order valence-electron chi connectivity index (χ2n) is 3.45. The molecule has 4 nitrogen and oxygen atoms in total. The molecular formula is C8H16O4S. The lowest BCUT2D eigenvalue weighted by Crippen LogP contribution is -2.27. The standard InChI is InChI=1S/C8H16O4S/c1-7(9)13(10,11)12-8-5-3-2-4-6-8/h7-9H,2-6H2,1H3. The van der Waals surface area contributed by atoms with Gasteiger partial charge in [-0.15, -0.1) is 0 Å². The third kappa shape index (κ3) is 3.25. The van der Waals surface area contributed by atoms with Crippen molar-refractivity contribution in [2.24, 2.45) is 0 Å². The van der Waals surface area contributed by atoms with Crippen LogP contribution in [0, 0.1) is 0 Å². The zero-order chi connectivity index (χ0) is 9.90. The Bertz CT molecular complexity index is 239. The van der Waals surface area contributed by atoms with Crippen molar-refractivity contribution in [2.45, 2.75) is 50.6 Å². The van der Waals surface area contributed by atoms with Crippen LogP contribution in [-0.2, 0) is 14.3 Å². The Balaban J connectivity index is 2.47. The first-order valence-corrected chi connectivity index (χ1v) is 6.09. The molecule has 0 radical (unpaired) electrons. The number of hydrogen-bond donors (Lipinski definition) is 1. The molecule has 0 bridgehead atoms. The topological polar surface area (TPSA) is 63.6 Å². The van der Waals surface area contributed by atoms with Gasteiger partial charge < -0.3 is 5.11 Å². The fourth-order valence-electron chi connectivity index (χ4n) is 1.43. The van der Waals surface area contributed by atoms with Gasteiger partial charge in [-0.2, -0.15) is 8.42 Å². The van der Waals surface area contributed by atoms with Gasteiger partial charge >= 0.3 is 0 Å². The molecule has 0 heterocycles. The molecule has 0 aromatic rings. The molecule has 78 valence electrons. The predicted octanol–water partition coefficient (Wildman–Crippen LogP) is 1.00. The normalized spacial score (nSPS) is 22.9. The second-order valence-corrected chi connectivity index (χ2v) is 5.31. The van der Waals surface area contributed by atoms with E-state index in [1.165, 1.54) is 6.92 Å². The summed E-state index contributed by atoms with van der Waals surface area (Å²) in [4.78, 5) is 0. The highest BCUT2D eigenvalue weighted by atomic mass is 32.2. The molecule has 1 atom stereocenters. The van der Waals surface area contributed by atoms with Crippen molar-refractivity contribution in [2.75, 3.05) is 0 Å². The van der Waals surface area contributed by atoms with Crippen LogP contribution in [0.2, 0.25) is 0 Å². The largest absolute Gasteiger partial charge is 0.375 e. The maximum atomic E-state index is 11.1. The monoisotopic (exact) mass is 208 g/mol. The Labute approximate surface area is 79.0 Å². The van der Waals surface area contributed by atoms with Gasteiger partial charge in [-0.3, -0.25) is 4.18 Å². The minimum absolute atomic E-state index is 0.214. The molecule has 0 aliphatic heterocycles. The van der Waals surface area contributed by atoms with Crippen LogP contribution in [0.4, 0.5) is 0 Å². The van der Waals surface area contributed by atoms with Crippen molar-refractivity contribution in [1.82, 2.24) is 0 Å². The highest BCUT2D eigenvalue weighted by Gasteiger charge is 2.25. The van der Waals surface area contributed by atoms with E-state index in [4.69, 9.17) is 9.29 Å². The lowest BCUT2D eigenvalue weighted by atomic mass is 9.98. The molecule has 13 heavy (non-hydrogen) atoms. The Morgan fingerprint density at radius 2 is 1.85 bits per heavy atom. The molecule has 1 unspecified atom stereocenters. The molecule has 1 rings (SSSR count). The van der Waals surface area contributed by atoms with Crippen LogP contribution < -0.4 is 0 Å². The SMILES string of the molecule is CC(O)S(=O)(=O)OC1CCCCC1. The molecule has 0 spiro atoms. The summed E-state index contributed by atoms with van der Waals surface area (Å²) in [5, 5.41) is 8.90. The highest BCUT2D eigenvalue weighted by molar-refractivity contribution is 7.87. The van der Waals surface area contributed by atoms with Crippen LogP contribution in [0.1, 0.15) is 39.0 Å². The molecule has 0 amide bonds. The van der Waals surface area contributed by atoms with E-state index in [-0.39, 0.29) is 6.10 Å². The van der Waals surface area contributed by atoms with E-state index in [1.54, 1.807) is 0 Å². The molecule has 1 N–H and O–H groups in total. The zero-order valence-corrected chi connectivity index (χ0v) is 8.59. The first kappa shape index (κ1) is 10.9. The Morgan fingerprint density at radius 3 is 2.31 bits per heavy atom. The van der Waals surface area contributed by atoms with Gasteiger partial charge in [-0.1, -0.05) is 19.3 Å². The number of rotatable bonds is 3. The van der Waals surface area contributed by atoms with E-state index >= 15 is 0 Å². The maximum Gasteiger partial charge on any atom is 0.294 e. The van der Waals surface area contributed by atoms with Crippen molar-refractivity contribution in [3.8, 4) is 0 Å². The molecule has 0 aromatic heterocycles. The summed E-state index contributed by atoms with van der Waals surface area (Å²) in [5.74, 6) is 0. The van der Waals surface area contributed by atoms with Crippen LogP contribution >= 0.6 is 0 Å². The Hall–Kier alpha value is -0.130. The van der Waals surface area contributed by atoms with Gasteiger partial charge in [0.15, 0.2) is 5.44 Å². The zero-order valence-electron chi connectivity index (χ0n) is 7.77. The number of aliphatic hydroxyl groups is 1. The van der Waals surface area contributed by atoms with Crippen LogP contribution in [0.5, 0.6) is 0 Å². The number of aliphatic hydroxyl groups excluding tert-OH is 1. The lowest BCUT2D eigenvalue weighted by Gasteiger charge is -2.21. The van der Waals surface area contributed by atoms with Crippen molar-refractivity contribution in [1.29, 1.82) is 0 Å². The molecule has 1 aliphatic carbocycles. The van der Waals surface area contributed by atoms with E-state index in [2.05, 4.69) is 0 Å².